The molecule has 11 nitrogen and oxygen atoms in total. The molecule has 1 atom stereocenters. The summed E-state index contributed by atoms with van der Waals surface area (Å²) < 4.78 is 28.0. The van der Waals surface area contributed by atoms with Gasteiger partial charge in [0.15, 0.2) is 0 Å². The van der Waals surface area contributed by atoms with E-state index in [-0.39, 0.29) is 23.6 Å². The summed E-state index contributed by atoms with van der Waals surface area (Å²) in [4.78, 5) is 49.5. The number of sulfonamides is 1. The molecule has 0 aliphatic rings. The third kappa shape index (κ3) is 8.54. The van der Waals surface area contributed by atoms with Gasteiger partial charge in [-0.2, -0.15) is 0 Å². The molecule has 12 heteroatoms. The highest BCUT2D eigenvalue weighted by molar-refractivity contribution is 7.89. The molecular formula is C26H26N4O7S. The van der Waals surface area contributed by atoms with Crippen molar-refractivity contribution in [2.24, 2.45) is 5.14 Å². The van der Waals surface area contributed by atoms with Crippen molar-refractivity contribution in [2.75, 3.05) is 13.1 Å². The van der Waals surface area contributed by atoms with E-state index in [1.165, 1.54) is 24.3 Å². The Balaban J connectivity index is 1.55. The summed E-state index contributed by atoms with van der Waals surface area (Å²) in [6.07, 6.45) is 0. The highest BCUT2D eigenvalue weighted by atomic mass is 32.2. The van der Waals surface area contributed by atoms with E-state index in [1.54, 1.807) is 42.5 Å². The molecule has 3 aromatic carbocycles. The minimum Gasteiger partial charge on any atom is -0.460 e. The minimum absolute atomic E-state index is 0.0650. The van der Waals surface area contributed by atoms with Crippen LogP contribution in [0.5, 0.6) is 0 Å². The number of carbonyl (C=O) groups excluding carboxylic acids is 4. The first-order chi connectivity index (χ1) is 18.1. The third-order valence-electron chi connectivity index (χ3n) is 5.21. The fourth-order valence-electron chi connectivity index (χ4n) is 3.25. The first-order valence-electron chi connectivity index (χ1n) is 11.4. The monoisotopic (exact) mass is 538 g/mol. The van der Waals surface area contributed by atoms with E-state index in [9.17, 15) is 27.6 Å². The van der Waals surface area contributed by atoms with Gasteiger partial charge in [0.25, 0.3) is 5.91 Å². The van der Waals surface area contributed by atoms with E-state index in [0.717, 1.165) is 5.56 Å². The number of primary sulfonamides is 1. The zero-order chi connectivity index (χ0) is 27.5. The molecule has 0 bridgehead atoms. The Labute approximate surface area is 219 Å². The van der Waals surface area contributed by atoms with Crippen LogP contribution in [-0.4, -0.2) is 45.2 Å². The third-order valence-corrected chi connectivity index (χ3v) is 6.14. The van der Waals surface area contributed by atoms with E-state index in [1.807, 2.05) is 18.2 Å². The lowest BCUT2D eigenvalue weighted by molar-refractivity contribution is -0.145. The van der Waals surface area contributed by atoms with Crippen molar-refractivity contribution in [1.82, 2.24) is 16.0 Å². The van der Waals surface area contributed by atoms with Crippen LogP contribution in [0.1, 0.15) is 27.5 Å². The molecule has 0 spiro atoms. The van der Waals surface area contributed by atoms with E-state index >= 15 is 0 Å². The molecule has 3 amide bonds. The van der Waals surface area contributed by atoms with Crippen LogP contribution in [0, 0.1) is 0 Å². The number of nitrogens with two attached hydrogens (primary N) is 1. The highest BCUT2D eigenvalue weighted by Gasteiger charge is 2.24. The minimum atomic E-state index is -3.93. The van der Waals surface area contributed by atoms with Gasteiger partial charge in [-0.25, -0.2) is 13.6 Å². The van der Waals surface area contributed by atoms with E-state index in [2.05, 4.69) is 16.0 Å². The van der Waals surface area contributed by atoms with Crippen molar-refractivity contribution in [3.8, 4) is 0 Å². The van der Waals surface area contributed by atoms with Crippen molar-refractivity contribution in [3.05, 3.63) is 102 Å². The second-order valence-corrected chi connectivity index (χ2v) is 9.59. The molecule has 0 radical (unpaired) electrons. The molecule has 3 aromatic rings. The average molecular weight is 539 g/mol. The lowest BCUT2D eigenvalue weighted by Crippen LogP contribution is -2.44. The van der Waals surface area contributed by atoms with Crippen LogP contribution in [-0.2, 0) is 35.8 Å². The molecular weight excluding hydrogens is 512 g/mol. The summed E-state index contributed by atoms with van der Waals surface area (Å²) in [5.41, 5.74) is 1.34. The van der Waals surface area contributed by atoms with Crippen LogP contribution >= 0.6 is 0 Å². The van der Waals surface area contributed by atoms with Gasteiger partial charge in [-0.3, -0.25) is 19.2 Å². The molecule has 0 heterocycles. The molecule has 5 N–H and O–H groups in total. The number of esters is 1. The van der Waals surface area contributed by atoms with Crippen LogP contribution in [0.4, 0.5) is 0 Å². The summed E-state index contributed by atoms with van der Waals surface area (Å²) in [6, 6.07) is 21.1. The fraction of sp³-hybridized carbons (Fsp3) is 0.154. The predicted molar refractivity (Wildman–Crippen MR) is 137 cm³/mol. The Morgan fingerprint density at radius 1 is 0.789 bits per heavy atom. The fourth-order valence-corrected chi connectivity index (χ4v) is 3.76. The molecule has 0 unspecified atom stereocenters. The zero-order valence-corrected chi connectivity index (χ0v) is 20.9. The largest absolute Gasteiger partial charge is 0.460 e. The van der Waals surface area contributed by atoms with E-state index in [0.29, 0.717) is 5.56 Å². The maximum Gasteiger partial charge on any atom is 0.325 e. The van der Waals surface area contributed by atoms with E-state index < -0.39 is 46.3 Å². The van der Waals surface area contributed by atoms with Gasteiger partial charge in [0.1, 0.15) is 19.2 Å². The molecule has 3 rings (SSSR count). The smallest absolute Gasteiger partial charge is 0.325 e. The summed E-state index contributed by atoms with van der Waals surface area (Å²) in [6.45, 7) is -0.766. The van der Waals surface area contributed by atoms with Gasteiger partial charge in [-0.1, -0.05) is 60.7 Å². The Hall–Kier alpha value is -4.55. The van der Waals surface area contributed by atoms with Crippen molar-refractivity contribution in [1.29, 1.82) is 0 Å². The molecule has 0 aliphatic carbocycles. The summed E-state index contributed by atoms with van der Waals surface area (Å²) in [5.74, 6) is -2.60. The predicted octanol–water partition coefficient (Wildman–Crippen LogP) is 0.781. The summed E-state index contributed by atoms with van der Waals surface area (Å²) in [7, 11) is -3.93. The molecule has 38 heavy (non-hydrogen) atoms. The zero-order valence-electron chi connectivity index (χ0n) is 20.1. The lowest BCUT2D eigenvalue weighted by Gasteiger charge is -2.19. The second-order valence-electron chi connectivity index (χ2n) is 8.03. The van der Waals surface area contributed by atoms with Gasteiger partial charge in [-0.05, 0) is 35.4 Å². The van der Waals surface area contributed by atoms with Crippen molar-refractivity contribution < 1.29 is 32.3 Å². The number of amides is 3. The molecule has 198 valence electrons. The van der Waals surface area contributed by atoms with E-state index in [4.69, 9.17) is 9.88 Å². The molecule has 0 saturated heterocycles. The number of benzene rings is 3. The number of nitrogens with one attached hydrogen (secondary N) is 3. The standard InChI is InChI=1S/C26H26N4O7S/c27-38(35,36)21-13-11-20(12-14-21)25(33)30-24(19-9-5-2-6-10-19)26(34)29-15-22(31)28-16-23(32)37-17-18-7-3-1-4-8-18/h1-14,24H,15-17H2,(H,28,31)(H,29,34)(H,30,33)(H2,27,35,36)/t24-/m0/s1. The van der Waals surface area contributed by atoms with Crippen LogP contribution < -0.4 is 21.1 Å². The quantitative estimate of drug-likeness (QED) is 0.261. The van der Waals surface area contributed by atoms with Crippen molar-refractivity contribution >= 4 is 33.7 Å². The maximum absolute atomic E-state index is 12.9. The summed E-state index contributed by atoms with van der Waals surface area (Å²) in [5, 5.41) is 12.4. The number of carbonyl (C=O) groups is 4. The Kier molecular flexibility index (Phi) is 9.68. The number of ether oxygens (including phenoxy) is 1. The first kappa shape index (κ1) is 28.0. The molecule has 0 saturated carbocycles. The number of hydrogen-bond acceptors (Lipinski definition) is 7. The van der Waals surface area contributed by atoms with Gasteiger partial charge in [0, 0.05) is 5.56 Å². The second kappa shape index (κ2) is 13.1. The maximum atomic E-state index is 12.9. The highest BCUT2D eigenvalue weighted by Crippen LogP contribution is 2.15. The average Bonchev–Trinajstić information content (AvgIpc) is 2.92. The first-order valence-corrected chi connectivity index (χ1v) is 12.9. The molecule has 0 aliphatic heterocycles. The molecule has 0 fully saturated rings. The van der Waals surface area contributed by atoms with Gasteiger partial charge < -0.3 is 20.7 Å². The van der Waals surface area contributed by atoms with Crippen LogP contribution in [0.2, 0.25) is 0 Å². The van der Waals surface area contributed by atoms with Crippen LogP contribution in [0.15, 0.2) is 89.8 Å². The van der Waals surface area contributed by atoms with Gasteiger partial charge in [-0.15, -0.1) is 0 Å². The van der Waals surface area contributed by atoms with Gasteiger partial charge in [0.05, 0.1) is 11.4 Å². The normalized spacial score (nSPS) is 11.6. The Morgan fingerprint density at radius 2 is 1.39 bits per heavy atom. The van der Waals surface area contributed by atoms with Crippen molar-refractivity contribution in [2.45, 2.75) is 17.5 Å². The van der Waals surface area contributed by atoms with Crippen molar-refractivity contribution in [3.63, 3.8) is 0 Å². The number of hydrogen-bond donors (Lipinski definition) is 4. The van der Waals surface area contributed by atoms with Crippen LogP contribution in [0.3, 0.4) is 0 Å². The number of rotatable bonds is 11. The van der Waals surface area contributed by atoms with Gasteiger partial charge in [0.2, 0.25) is 21.8 Å². The Bertz CT molecular complexity index is 1380. The van der Waals surface area contributed by atoms with Gasteiger partial charge >= 0.3 is 5.97 Å². The SMILES string of the molecule is NS(=O)(=O)c1ccc(C(=O)N[C@H](C(=O)NCC(=O)NCC(=O)OCc2ccccc2)c2ccccc2)cc1. The molecule has 0 aromatic heterocycles. The topological polar surface area (TPSA) is 174 Å². The lowest BCUT2D eigenvalue weighted by atomic mass is 10.1. The summed E-state index contributed by atoms with van der Waals surface area (Å²) >= 11 is 0. The Morgan fingerprint density at radius 3 is 2.00 bits per heavy atom. The van der Waals surface area contributed by atoms with Crippen LogP contribution in [0.25, 0.3) is 0 Å².